The molecule has 3 rings (SSSR count). The lowest BCUT2D eigenvalue weighted by Gasteiger charge is -2.03. The van der Waals surface area contributed by atoms with E-state index in [4.69, 9.17) is 5.73 Å². The van der Waals surface area contributed by atoms with Gasteiger partial charge in [0, 0.05) is 12.7 Å². The van der Waals surface area contributed by atoms with Gasteiger partial charge in [-0.2, -0.15) is 10.1 Å². The first-order valence-electron chi connectivity index (χ1n) is 5.82. The van der Waals surface area contributed by atoms with Crippen LogP contribution in [0.4, 0.5) is 11.9 Å². The maximum Gasteiger partial charge on any atom is 0.243 e. The molecule has 0 fully saturated rings. The summed E-state index contributed by atoms with van der Waals surface area (Å²) < 4.78 is 0. The normalized spacial score (nSPS) is 10.5. The van der Waals surface area contributed by atoms with Gasteiger partial charge >= 0.3 is 0 Å². The third kappa shape index (κ3) is 2.54. The highest BCUT2D eigenvalue weighted by Gasteiger charge is 2.01. The molecule has 2 aromatic heterocycles. The van der Waals surface area contributed by atoms with Gasteiger partial charge < -0.3 is 11.1 Å². The lowest BCUT2D eigenvalue weighted by Crippen LogP contribution is -2.01. The van der Waals surface area contributed by atoms with Crippen LogP contribution in [0.15, 0.2) is 36.5 Å². The van der Waals surface area contributed by atoms with Crippen molar-refractivity contribution >= 4 is 11.9 Å². The Kier molecular flexibility index (Phi) is 2.85. The Balaban J connectivity index is 1.66. The highest BCUT2D eigenvalue weighted by molar-refractivity contribution is 5.58. The van der Waals surface area contributed by atoms with E-state index in [1.54, 1.807) is 6.20 Å². The number of anilines is 2. The third-order valence-electron chi connectivity index (χ3n) is 2.72. The molecular weight excluding hydrogens is 242 g/mol. The van der Waals surface area contributed by atoms with Crippen LogP contribution in [0.25, 0.3) is 11.3 Å². The Morgan fingerprint density at radius 2 is 1.95 bits per heavy atom. The number of H-pyrrole nitrogens is 2. The molecule has 0 aliphatic carbocycles. The Labute approximate surface area is 109 Å². The van der Waals surface area contributed by atoms with Gasteiger partial charge in [-0.3, -0.25) is 5.10 Å². The minimum Gasteiger partial charge on any atom is -0.368 e. The average molecular weight is 255 g/mol. The van der Waals surface area contributed by atoms with Gasteiger partial charge in [-0.15, -0.1) is 5.10 Å². The van der Waals surface area contributed by atoms with E-state index < -0.39 is 0 Å². The van der Waals surface area contributed by atoms with Crippen molar-refractivity contribution in [3.05, 3.63) is 42.1 Å². The van der Waals surface area contributed by atoms with E-state index in [0.29, 0.717) is 18.4 Å². The molecule has 0 spiro atoms. The number of aromatic amines is 2. The monoisotopic (exact) mass is 255 g/mol. The van der Waals surface area contributed by atoms with Gasteiger partial charge in [-0.05, 0) is 17.2 Å². The molecule has 96 valence electrons. The number of aromatic nitrogens is 5. The molecule has 0 atom stereocenters. The van der Waals surface area contributed by atoms with Crippen molar-refractivity contribution in [1.29, 1.82) is 0 Å². The average Bonchev–Trinajstić information content (AvgIpc) is 3.08. The van der Waals surface area contributed by atoms with E-state index in [2.05, 4.69) is 30.7 Å². The predicted octanol–water partition coefficient (Wildman–Crippen LogP) is 1.39. The first-order valence-corrected chi connectivity index (χ1v) is 5.82. The second-order valence-electron chi connectivity index (χ2n) is 4.07. The third-order valence-corrected chi connectivity index (χ3v) is 2.72. The van der Waals surface area contributed by atoms with Crippen LogP contribution in [-0.4, -0.2) is 25.4 Å². The molecule has 0 aliphatic heterocycles. The minimum atomic E-state index is 0.303. The number of hydrogen-bond donors (Lipinski definition) is 4. The van der Waals surface area contributed by atoms with E-state index in [9.17, 15) is 0 Å². The van der Waals surface area contributed by atoms with Crippen molar-refractivity contribution < 1.29 is 0 Å². The summed E-state index contributed by atoms with van der Waals surface area (Å²) >= 11 is 0. The van der Waals surface area contributed by atoms with Crippen molar-refractivity contribution in [3.63, 3.8) is 0 Å². The molecule has 0 saturated heterocycles. The molecule has 0 amide bonds. The maximum atomic E-state index is 5.44. The number of hydrogen-bond acceptors (Lipinski definition) is 5. The Morgan fingerprint density at radius 1 is 1.11 bits per heavy atom. The summed E-state index contributed by atoms with van der Waals surface area (Å²) in [6, 6.07) is 10.1. The summed E-state index contributed by atoms with van der Waals surface area (Å²) in [7, 11) is 0. The first-order chi connectivity index (χ1) is 9.31. The summed E-state index contributed by atoms with van der Waals surface area (Å²) in [5.41, 5.74) is 8.68. The van der Waals surface area contributed by atoms with Crippen molar-refractivity contribution in [1.82, 2.24) is 25.4 Å². The fourth-order valence-corrected chi connectivity index (χ4v) is 1.75. The fraction of sp³-hybridized carbons (Fsp3) is 0.0833. The summed E-state index contributed by atoms with van der Waals surface area (Å²) in [5.74, 6) is 0.798. The van der Waals surface area contributed by atoms with E-state index in [1.807, 2.05) is 30.3 Å². The van der Waals surface area contributed by atoms with Crippen molar-refractivity contribution in [2.75, 3.05) is 11.1 Å². The van der Waals surface area contributed by atoms with Crippen LogP contribution < -0.4 is 11.1 Å². The van der Waals surface area contributed by atoms with Gasteiger partial charge in [-0.1, -0.05) is 24.3 Å². The molecule has 3 aromatic rings. The van der Waals surface area contributed by atoms with E-state index >= 15 is 0 Å². The summed E-state index contributed by atoms with van der Waals surface area (Å²) in [4.78, 5) is 3.97. The van der Waals surface area contributed by atoms with Gasteiger partial charge in [0.2, 0.25) is 11.9 Å². The van der Waals surface area contributed by atoms with Crippen LogP contribution in [0.2, 0.25) is 0 Å². The topological polar surface area (TPSA) is 108 Å². The number of rotatable bonds is 4. The van der Waals surface area contributed by atoms with Crippen LogP contribution in [0.1, 0.15) is 5.56 Å². The van der Waals surface area contributed by atoms with E-state index in [1.165, 1.54) is 0 Å². The molecule has 2 heterocycles. The second kappa shape index (κ2) is 4.81. The second-order valence-corrected chi connectivity index (χ2v) is 4.07. The van der Waals surface area contributed by atoms with Crippen LogP contribution in [-0.2, 0) is 6.54 Å². The summed E-state index contributed by atoms with van der Waals surface area (Å²) in [5, 5.41) is 16.4. The zero-order valence-corrected chi connectivity index (χ0v) is 10.1. The van der Waals surface area contributed by atoms with Crippen LogP contribution in [0.5, 0.6) is 0 Å². The Bertz CT molecular complexity index is 639. The lowest BCUT2D eigenvalue weighted by atomic mass is 10.1. The van der Waals surface area contributed by atoms with Gasteiger partial charge in [-0.25, -0.2) is 5.10 Å². The van der Waals surface area contributed by atoms with Crippen LogP contribution in [0.3, 0.4) is 0 Å². The number of nitrogens with one attached hydrogen (secondary N) is 3. The molecule has 0 unspecified atom stereocenters. The Morgan fingerprint density at radius 3 is 2.58 bits per heavy atom. The number of benzene rings is 1. The minimum absolute atomic E-state index is 0.303. The van der Waals surface area contributed by atoms with Crippen LogP contribution >= 0.6 is 0 Å². The van der Waals surface area contributed by atoms with Crippen molar-refractivity contribution in [3.8, 4) is 11.3 Å². The fourth-order valence-electron chi connectivity index (χ4n) is 1.75. The van der Waals surface area contributed by atoms with Crippen molar-refractivity contribution in [2.45, 2.75) is 6.54 Å². The van der Waals surface area contributed by atoms with Gasteiger partial charge in [0.05, 0.1) is 5.69 Å². The molecule has 7 heteroatoms. The molecule has 19 heavy (non-hydrogen) atoms. The van der Waals surface area contributed by atoms with Gasteiger partial charge in [0.25, 0.3) is 0 Å². The van der Waals surface area contributed by atoms with Gasteiger partial charge in [0.15, 0.2) is 0 Å². The van der Waals surface area contributed by atoms with Gasteiger partial charge in [0.1, 0.15) is 0 Å². The zero-order valence-electron chi connectivity index (χ0n) is 10.1. The largest absolute Gasteiger partial charge is 0.368 e. The Hall–Kier alpha value is -2.83. The zero-order chi connectivity index (χ0) is 13.1. The smallest absolute Gasteiger partial charge is 0.243 e. The van der Waals surface area contributed by atoms with E-state index in [0.717, 1.165) is 16.8 Å². The molecule has 7 nitrogen and oxygen atoms in total. The number of nitrogen functional groups attached to an aromatic ring is 1. The lowest BCUT2D eigenvalue weighted by molar-refractivity contribution is 1.05. The molecule has 0 bridgehead atoms. The summed E-state index contributed by atoms with van der Waals surface area (Å²) in [6.45, 7) is 0.639. The van der Waals surface area contributed by atoms with Crippen LogP contribution in [0, 0.1) is 0 Å². The number of nitrogens with two attached hydrogens (primary N) is 1. The number of nitrogens with zero attached hydrogens (tertiary/aromatic N) is 3. The van der Waals surface area contributed by atoms with E-state index in [-0.39, 0.29) is 0 Å². The maximum absolute atomic E-state index is 5.44. The quantitative estimate of drug-likeness (QED) is 0.563. The first kappa shape index (κ1) is 11.3. The molecule has 1 aromatic carbocycles. The molecule has 0 saturated carbocycles. The molecule has 0 aliphatic rings. The molecule has 5 N–H and O–H groups in total. The highest BCUT2D eigenvalue weighted by Crippen LogP contribution is 2.16. The summed E-state index contributed by atoms with van der Waals surface area (Å²) in [6.07, 6.45) is 1.73. The van der Waals surface area contributed by atoms with Crippen molar-refractivity contribution in [2.24, 2.45) is 0 Å². The molecule has 0 radical (unpaired) electrons. The molecular formula is C12H13N7. The standard InChI is InChI=1S/C12H13N7/c13-11-16-12(19-18-11)14-7-8-1-3-9(4-2-8)10-5-6-15-17-10/h1-6H,7H2,(H,15,17)(H4,13,14,16,18,19). The predicted molar refractivity (Wildman–Crippen MR) is 72.1 cm³/mol. The SMILES string of the molecule is Nc1nc(NCc2ccc(-c3ccn[nH]3)cc2)n[nH]1. The highest BCUT2D eigenvalue weighted by atomic mass is 15.3.